The lowest BCUT2D eigenvalue weighted by atomic mass is 10.3. The molecule has 0 aliphatic carbocycles. The van der Waals surface area contributed by atoms with Crippen LogP contribution in [0.25, 0.3) is 0 Å². The number of halogens is 2. The number of allylic oxidation sites excluding steroid dienone is 1. The predicted molar refractivity (Wildman–Crippen MR) is 77.1 cm³/mol. The van der Waals surface area contributed by atoms with Gasteiger partial charge in [0.1, 0.15) is 5.75 Å². The Kier molecular flexibility index (Phi) is 6.83. The average molecular weight is 333 g/mol. The number of carbonyl (C=O) groups excluding carboxylic acids is 1. The summed E-state index contributed by atoms with van der Waals surface area (Å²) in [5, 5.41) is 3.23. The van der Waals surface area contributed by atoms with E-state index >= 15 is 0 Å². The number of hydrogen-bond donors (Lipinski definition) is 1. The molecule has 18 heavy (non-hydrogen) atoms. The highest BCUT2D eigenvalue weighted by Crippen LogP contribution is 2.27. The lowest BCUT2D eigenvalue weighted by molar-refractivity contribution is -0.123. The van der Waals surface area contributed by atoms with Crippen molar-refractivity contribution in [2.45, 2.75) is 13.3 Å². The fourth-order valence-electron chi connectivity index (χ4n) is 1.25. The maximum Gasteiger partial charge on any atom is 0.257 e. The van der Waals surface area contributed by atoms with Gasteiger partial charge in [0.25, 0.3) is 5.91 Å². The molecule has 0 radical (unpaired) electrons. The van der Waals surface area contributed by atoms with Gasteiger partial charge < -0.3 is 10.1 Å². The number of ether oxygens (including phenoxy) is 1. The Bertz CT molecular complexity index is 435. The van der Waals surface area contributed by atoms with Gasteiger partial charge in [-0.15, -0.1) is 0 Å². The molecule has 0 saturated carbocycles. The Morgan fingerprint density at radius 1 is 1.56 bits per heavy atom. The number of benzene rings is 1. The van der Waals surface area contributed by atoms with Gasteiger partial charge >= 0.3 is 0 Å². The molecule has 0 bridgehead atoms. The van der Waals surface area contributed by atoms with Crippen molar-refractivity contribution in [2.24, 2.45) is 0 Å². The molecule has 0 spiro atoms. The molecular weight excluding hydrogens is 318 g/mol. The Balaban J connectivity index is 2.33. The van der Waals surface area contributed by atoms with E-state index in [1.165, 1.54) is 0 Å². The molecule has 1 rings (SSSR count). The molecule has 1 N–H and O–H groups in total. The SMILES string of the molecule is C/C=C/CCNC(=O)COc1ccc(Br)cc1Cl. The highest BCUT2D eigenvalue weighted by atomic mass is 79.9. The smallest absolute Gasteiger partial charge is 0.257 e. The summed E-state index contributed by atoms with van der Waals surface area (Å²) in [6.07, 6.45) is 4.76. The third-order valence-electron chi connectivity index (χ3n) is 2.12. The van der Waals surface area contributed by atoms with Crippen LogP contribution in [0.3, 0.4) is 0 Å². The molecule has 0 aromatic heterocycles. The van der Waals surface area contributed by atoms with Crippen LogP contribution in [0.2, 0.25) is 5.02 Å². The van der Waals surface area contributed by atoms with E-state index in [2.05, 4.69) is 21.2 Å². The normalized spacial score (nSPS) is 10.6. The fourth-order valence-corrected chi connectivity index (χ4v) is 1.98. The van der Waals surface area contributed by atoms with Crippen molar-refractivity contribution in [1.82, 2.24) is 5.32 Å². The van der Waals surface area contributed by atoms with E-state index in [0.29, 0.717) is 17.3 Å². The van der Waals surface area contributed by atoms with Crippen molar-refractivity contribution in [3.63, 3.8) is 0 Å². The van der Waals surface area contributed by atoms with Crippen LogP contribution >= 0.6 is 27.5 Å². The maximum atomic E-state index is 11.4. The van der Waals surface area contributed by atoms with Gasteiger partial charge in [-0.1, -0.05) is 39.7 Å². The molecule has 3 nitrogen and oxygen atoms in total. The van der Waals surface area contributed by atoms with Gasteiger partial charge in [0.15, 0.2) is 6.61 Å². The number of amides is 1. The second-order valence-corrected chi connectivity index (χ2v) is 4.89. The van der Waals surface area contributed by atoms with Crippen molar-refractivity contribution in [3.05, 3.63) is 39.8 Å². The van der Waals surface area contributed by atoms with E-state index in [0.717, 1.165) is 10.9 Å². The Labute approximate surface area is 120 Å². The lowest BCUT2D eigenvalue weighted by Gasteiger charge is -2.08. The van der Waals surface area contributed by atoms with Crippen LogP contribution in [0.4, 0.5) is 0 Å². The van der Waals surface area contributed by atoms with Crippen LogP contribution in [0.5, 0.6) is 5.75 Å². The number of carbonyl (C=O) groups is 1. The molecular formula is C13H15BrClNO2. The van der Waals surface area contributed by atoms with E-state index in [4.69, 9.17) is 16.3 Å². The van der Waals surface area contributed by atoms with E-state index in [9.17, 15) is 4.79 Å². The first kappa shape index (κ1) is 15.1. The molecule has 0 atom stereocenters. The predicted octanol–water partition coefficient (Wildman–Crippen LogP) is 3.56. The highest BCUT2D eigenvalue weighted by Gasteiger charge is 2.05. The molecule has 1 aromatic rings. The maximum absolute atomic E-state index is 11.4. The molecule has 0 aliphatic heterocycles. The zero-order valence-electron chi connectivity index (χ0n) is 10.1. The zero-order valence-corrected chi connectivity index (χ0v) is 12.4. The summed E-state index contributed by atoms with van der Waals surface area (Å²) in [5.41, 5.74) is 0. The number of hydrogen-bond acceptors (Lipinski definition) is 2. The molecule has 98 valence electrons. The van der Waals surface area contributed by atoms with Gasteiger partial charge in [0, 0.05) is 11.0 Å². The van der Waals surface area contributed by atoms with Gasteiger partial charge in [0.05, 0.1) is 5.02 Å². The van der Waals surface area contributed by atoms with Crippen molar-refractivity contribution in [3.8, 4) is 5.75 Å². The molecule has 0 saturated heterocycles. The second kappa shape index (κ2) is 8.16. The summed E-state index contributed by atoms with van der Waals surface area (Å²) in [6, 6.07) is 5.26. The Morgan fingerprint density at radius 3 is 3.00 bits per heavy atom. The Morgan fingerprint density at radius 2 is 2.33 bits per heavy atom. The van der Waals surface area contributed by atoms with Crippen LogP contribution in [0, 0.1) is 0 Å². The van der Waals surface area contributed by atoms with E-state index in [-0.39, 0.29) is 12.5 Å². The van der Waals surface area contributed by atoms with E-state index in [1.54, 1.807) is 12.1 Å². The van der Waals surface area contributed by atoms with Crippen molar-refractivity contribution < 1.29 is 9.53 Å². The number of nitrogens with one attached hydrogen (secondary N) is 1. The second-order valence-electron chi connectivity index (χ2n) is 3.57. The average Bonchev–Trinajstić information content (AvgIpc) is 2.33. The highest BCUT2D eigenvalue weighted by molar-refractivity contribution is 9.10. The minimum absolute atomic E-state index is 0.0306. The van der Waals surface area contributed by atoms with Crippen LogP contribution in [-0.4, -0.2) is 19.1 Å². The van der Waals surface area contributed by atoms with Crippen LogP contribution in [0.1, 0.15) is 13.3 Å². The first-order valence-electron chi connectivity index (χ1n) is 5.59. The van der Waals surface area contributed by atoms with Crippen molar-refractivity contribution in [2.75, 3.05) is 13.2 Å². The molecule has 0 unspecified atom stereocenters. The van der Waals surface area contributed by atoms with Crippen molar-refractivity contribution >= 4 is 33.4 Å². The van der Waals surface area contributed by atoms with Crippen LogP contribution in [0.15, 0.2) is 34.8 Å². The third kappa shape index (κ3) is 5.56. The first-order chi connectivity index (χ1) is 8.63. The van der Waals surface area contributed by atoms with E-state index < -0.39 is 0 Å². The minimum Gasteiger partial charge on any atom is -0.482 e. The molecule has 1 amide bonds. The van der Waals surface area contributed by atoms with Gasteiger partial charge in [0.2, 0.25) is 0 Å². The van der Waals surface area contributed by atoms with Crippen LogP contribution < -0.4 is 10.1 Å². The van der Waals surface area contributed by atoms with Gasteiger partial charge in [-0.05, 0) is 31.5 Å². The molecule has 0 heterocycles. The molecule has 5 heteroatoms. The lowest BCUT2D eigenvalue weighted by Crippen LogP contribution is -2.29. The molecule has 0 fully saturated rings. The van der Waals surface area contributed by atoms with Gasteiger partial charge in [-0.25, -0.2) is 0 Å². The first-order valence-corrected chi connectivity index (χ1v) is 6.76. The fraction of sp³-hybridized carbons (Fsp3) is 0.308. The molecule has 0 aliphatic rings. The zero-order chi connectivity index (χ0) is 13.4. The summed E-state index contributed by atoms with van der Waals surface area (Å²) in [7, 11) is 0. The summed E-state index contributed by atoms with van der Waals surface area (Å²) in [6.45, 7) is 2.53. The summed E-state index contributed by atoms with van der Waals surface area (Å²) >= 11 is 9.26. The van der Waals surface area contributed by atoms with Gasteiger partial charge in [-0.2, -0.15) is 0 Å². The van der Waals surface area contributed by atoms with Crippen LogP contribution in [-0.2, 0) is 4.79 Å². The molecule has 1 aromatic carbocycles. The monoisotopic (exact) mass is 331 g/mol. The number of rotatable bonds is 6. The Hall–Kier alpha value is -1.000. The summed E-state index contributed by atoms with van der Waals surface area (Å²) in [5.74, 6) is 0.349. The van der Waals surface area contributed by atoms with E-state index in [1.807, 2.05) is 25.1 Å². The standard InChI is InChI=1S/C13H15BrClNO2/c1-2-3-4-7-16-13(17)9-18-12-6-5-10(14)8-11(12)15/h2-3,5-6,8H,4,7,9H2,1H3,(H,16,17)/b3-2+. The van der Waals surface area contributed by atoms with Gasteiger partial charge in [-0.3, -0.25) is 4.79 Å². The third-order valence-corrected chi connectivity index (χ3v) is 2.91. The summed E-state index contributed by atoms with van der Waals surface area (Å²) < 4.78 is 6.20. The minimum atomic E-state index is -0.154. The van der Waals surface area contributed by atoms with Crippen molar-refractivity contribution in [1.29, 1.82) is 0 Å². The topological polar surface area (TPSA) is 38.3 Å². The summed E-state index contributed by atoms with van der Waals surface area (Å²) in [4.78, 5) is 11.4. The quantitative estimate of drug-likeness (QED) is 0.639. The largest absolute Gasteiger partial charge is 0.482 e.